The molecular weight excluding hydrogens is 228 g/mol. The zero-order valence-corrected chi connectivity index (χ0v) is 12.0. The monoisotopic (exact) mass is 254 g/mol. The maximum absolute atomic E-state index is 5.55. The summed E-state index contributed by atoms with van der Waals surface area (Å²) in [6, 6.07) is 0.962. The predicted molar refractivity (Wildman–Crippen MR) is 73.5 cm³/mol. The van der Waals surface area contributed by atoms with E-state index >= 15 is 0 Å². The van der Waals surface area contributed by atoms with Crippen molar-refractivity contribution in [2.45, 2.75) is 59.5 Å². The summed E-state index contributed by atoms with van der Waals surface area (Å²) in [7, 11) is 0. The van der Waals surface area contributed by atoms with Gasteiger partial charge in [0.2, 0.25) is 5.89 Å². The van der Waals surface area contributed by atoms with Crippen LogP contribution in [-0.2, 0) is 6.54 Å². The van der Waals surface area contributed by atoms with Crippen LogP contribution in [0.15, 0.2) is 4.42 Å². The predicted octanol–water partition coefficient (Wildman–Crippen LogP) is 2.81. The molecule has 1 unspecified atom stereocenters. The zero-order chi connectivity index (χ0) is 13.4. The van der Waals surface area contributed by atoms with Gasteiger partial charge in [0, 0.05) is 6.04 Å². The lowest BCUT2D eigenvalue weighted by molar-refractivity contribution is 0.453. The van der Waals surface area contributed by atoms with E-state index in [1.165, 1.54) is 0 Å². The van der Waals surface area contributed by atoms with Crippen molar-refractivity contribution >= 4 is 6.01 Å². The Bertz CT molecular complexity index is 325. The molecule has 5 heteroatoms. The molecule has 104 valence electrons. The minimum atomic E-state index is 0.423. The molecule has 0 saturated carbocycles. The summed E-state index contributed by atoms with van der Waals surface area (Å²) in [4.78, 5) is 0. The highest BCUT2D eigenvalue weighted by Gasteiger charge is 2.10. The lowest BCUT2D eigenvalue weighted by atomic mass is 10.1. The van der Waals surface area contributed by atoms with Crippen LogP contribution in [0.2, 0.25) is 0 Å². The number of hydrogen-bond acceptors (Lipinski definition) is 5. The van der Waals surface area contributed by atoms with Crippen LogP contribution < -0.4 is 10.6 Å². The van der Waals surface area contributed by atoms with E-state index in [-0.39, 0.29) is 0 Å². The molecule has 5 nitrogen and oxygen atoms in total. The highest BCUT2D eigenvalue weighted by molar-refractivity contribution is 5.19. The Labute approximate surface area is 110 Å². The van der Waals surface area contributed by atoms with E-state index in [0.29, 0.717) is 30.4 Å². The normalized spacial score (nSPS) is 12.9. The maximum Gasteiger partial charge on any atom is 0.315 e. The van der Waals surface area contributed by atoms with E-state index in [9.17, 15) is 0 Å². The van der Waals surface area contributed by atoms with Crippen molar-refractivity contribution in [3.63, 3.8) is 0 Å². The molecule has 1 aromatic heterocycles. The fraction of sp³-hybridized carbons (Fsp3) is 0.846. The first-order valence-electron chi connectivity index (χ1n) is 6.95. The number of nitrogens with one attached hydrogen (secondary N) is 2. The van der Waals surface area contributed by atoms with Crippen molar-refractivity contribution in [3.8, 4) is 0 Å². The minimum absolute atomic E-state index is 0.423. The Morgan fingerprint density at radius 3 is 2.61 bits per heavy atom. The second-order valence-corrected chi connectivity index (χ2v) is 5.06. The Balaban J connectivity index is 2.37. The maximum atomic E-state index is 5.55. The van der Waals surface area contributed by atoms with Gasteiger partial charge in [-0.25, -0.2) is 0 Å². The third-order valence-electron chi connectivity index (χ3n) is 2.75. The fourth-order valence-electron chi connectivity index (χ4n) is 1.75. The van der Waals surface area contributed by atoms with Crippen LogP contribution in [0.5, 0.6) is 0 Å². The van der Waals surface area contributed by atoms with Gasteiger partial charge in [0.1, 0.15) is 0 Å². The lowest BCUT2D eigenvalue weighted by Crippen LogP contribution is -2.19. The molecule has 0 spiro atoms. The molecule has 0 aliphatic rings. The topological polar surface area (TPSA) is 63.0 Å². The standard InChI is InChI=1S/C13H26N4O/c1-5-7-11(6-2)15-13-17-16-12(18-13)9-14-8-10(3)4/h10-11,14H,5-9H2,1-4H3,(H,15,17). The molecule has 0 bridgehead atoms. The molecule has 0 radical (unpaired) electrons. The summed E-state index contributed by atoms with van der Waals surface area (Å²) in [5, 5.41) is 14.6. The first-order chi connectivity index (χ1) is 8.65. The molecule has 0 amide bonds. The van der Waals surface area contributed by atoms with Crippen LogP contribution in [0, 0.1) is 5.92 Å². The summed E-state index contributed by atoms with van der Waals surface area (Å²) < 4.78 is 5.55. The molecule has 2 N–H and O–H groups in total. The van der Waals surface area contributed by atoms with Gasteiger partial charge >= 0.3 is 6.01 Å². The first kappa shape index (κ1) is 15.0. The van der Waals surface area contributed by atoms with Gasteiger partial charge in [-0.1, -0.05) is 39.2 Å². The molecule has 1 aromatic rings. The third-order valence-corrected chi connectivity index (χ3v) is 2.75. The Morgan fingerprint density at radius 1 is 1.22 bits per heavy atom. The zero-order valence-electron chi connectivity index (χ0n) is 12.0. The number of rotatable bonds is 9. The van der Waals surface area contributed by atoms with Crippen molar-refractivity contribution in [1.82, 2.24) is 15.5 Å². The van der Waals surface area contributed by atoms with Gasteiger partial charge in [-0.05, 0) is 25.3 Å². The second-order valence-electron chi connectivity index (χ2n) is 5.06. The summed E-state index contributed by atoms with van der Waals surface area (Å²) in [6.07, 6.45) is 3.35. The van der Waals surface area contributed by atoms with E-state index in [1.807, 2.05) is 0 Å². The quantitative estimate of drug-likeness (QED) is 0.709. The van der Waals surface area contributed by atoms with Gasteiger partial charge in [-0.3, -0.25) is 0 Å². The van der Waals surface area contributed by atoms with E-state index in [2.05, 4.69) is 48.5 Å². The van der Waals surface area contributed by atoms with Crippen molar-refractivity contribution in [2.24, 2.45) is 5.92 Å². The summed E-state index contributed by atoms with van der Waals surface area (Å²) >= 11 is 0. The van der Waals surface area contributed by atoms with Gasteiger partial charge in [-0.15, -0.1) is 5.10 Å². The lowest BCUT2D eigenvalue weighted by Gasteiger charge is -2.13. The molecular formula is C13H26N4O. The number of hydrogen-bond donors (Lipinski definition) is 2. The summed E-state index contributed by atoms with van der Waals surface area (Å²) in [6.45, 7) is 10.3. The Kier molecular flexibility index (Phi) is 6.72. The molecule has 0 aliphatic carbocycles. The highest BCUT2D eigenvalue weighted by Crippen LogP contribution is 2.11. The van der Waals surface area contributed by atoms with E-state index in [1.54, 1.807) is 0 Å². The van der Waals surface area contributed by atoms with Gasteiger partial charge in [-0.2, -0.15) is 0 Å². The van der Waals surface area contributed by atoms with Gasteiger partial charge in [0.25, 0.3) is 0 Å². The van der Waals surface area contributed by atoms with E-state index in [4.69, 9.17) is 4.42 Å². The van der Waals surface area contributed by atoms with Crippen molar-refractivity contribution in [2.75, 3.05) is 11.9 Å². The molecule has 1 rings (SSSR count). The molecule has 1 heterocycles. The van der Waals surface area contributed by atoms with E-state index < -0.39 is 0 Å². The smallest absolute Gasteiger partial charge is 0.315 e. The Morgan fingerprint density at radius 2 is 2.00 bits per heavy atom. The molecule has 0 aliphatic heterocycles. The van der Waals surface area contributed by atoms with E-state index in [0.717, 1.165) is 25.8 Å². The minimum Gasteiger partial charge on any atom is -0.407 e. The molecule has 0 aromatic carbocycles. The van der Waals surface area contributed by atoms with Crippen LogP contribution in [0.25, 0.3) is 0 Å². The van der Waals surface area contributed by atoms with Gasteiger partial charge < -0.3 is 15.1 Å². The summed E-state index contributed by atoms with van der Waals surface area (Å²) in [5.74, 6) is 1.27. The molecule has 1 atom stereocenters. The summed E-state index contributed by atoms with van der Waals surface area (Å²) in [5.41, 5.74) is 0. The van der Waals surface area contributed by atoms with Crippen molar-refractivity contribution in [1.29, 1.82) is 0 Å². The average molecular weight is 254 g/mol. The SMILES string of the molecule is CCCC(CC)Nc1nnc(CNCC(C)C)o1. The highest BCUT2D eigenvalue weighted by atomic mass is 16.4. The number of nitrogens with zero attached hydrogens (tertiary/aromatic N) is 2. The van der Waals surface area contributed by atoms with Gasteiger partial charge in [0.15, 0.2) is 0 Å². The van der Waals surface area contributed by atoms with Crippen molar-refractivity contribution < 1.29 is 4.42 Å². The Hall–Kier alpha value is -1.10. The fourth-order valence-corrected chi connectivity index (χ4v) is 1.75. The number of anilines is 1. The van der Waals surface area contributed by atoms with Gasteiger partial charge in [0.05, 0.1) is 6.54 Å². The molecule has 18 heavy (non-hydrogen) atoms. The number of aromatic nitrogens is 2. The van der Waals surface area contributed by atoms with Crippen LogP contribution in [0.1, 0.15) is 52.8 Å². The van der Waals surface area contributed by atoms with Crippen LogP contribution >= 0.6 is 0 Å². The van der Waals surface area contributed by atoms with Crippen LogP contribution in [0.3, 0.4) is 0 Å². The largest absolute Gasteiger partial charge is 0.407 e. The van der Waals surface area contributed by atoms with Crippen LogP contribution in [-0.4, -0.2) is 22.8 Å². The first-order valence-corrected chi connectivity index (χ1v) is 6.95. The average Bonchev–Trinajstić information content (AvgIpc) is 2.76. The van der Waals surface area contributed by atoms with Crippen LogP contribution in [0.4, 0.5) is 6.01 Å². The third kappa shape index (κ3) is 5.49. The molecule has 0 saturated heterocycles. The molecule has 0 fully saturated rings. The second kappa shape index (κ2) is 8.08. The van der Waals surface area contributed by atoms with Crippen molar-refractivity contribution in [3.05, 3.63) is 5.89 Å².